The van der Waals surface area contributed by atoms with Crippen LogP contribution in [0.25, 0.3) is 0 Å². The Bertz CT molecular complexity index is 658. The van der Waals surface area contributed by atoms with Crippen molar-refractivity contribution in [2.75, 3.05) is 6.61 Å². The van der Waals surface area contributed by atoms with Crippen LogP contribution in [0.5, 0.6) is 0 Å². The largest absolute Gasteiger partial charge is 0.463 e. The summed E-state index contributed by atoms with van der Waals surface area (Å²) in [6.45, 7) is 4.83. The van der Waals surface area contributed by atoms with Crippen LogP contribution in [0.2, 0.25) is 0 Å². The molecular formula is C29H53NO8. The fraction of sp³-hybridized carbons (Fsp3) is 0.897. The van der Waals surface area contributed by atoms with Crippen molar-refractivity contribution >= 4 is 17.8 Å². The standard InChI is InChI=1S/C29H53NO8/c1-4-6-7-8-9-10-11-12-13-14-15-16-17-18-19-20-25(33)38-28-26(30-22(3)31)29(35)37-23(27(28)34)21-36-24(32)5-2/h23,26-29,34-35H,4-21H2,1-3H3,(H,30,31)/t23-,26-,27-,28-,29+/m1/s1. The van der Waals surface area contributed by atoms with Gasteiger partial charge in [-0.3, -0.25) is 14.4 Å². The summed E-state index contributed by atoms with van der Waals surface area (Å²) in [6, 6.07) is -1.13. The van der Waals surface area contributed by atoms with Gasteiger partial charge in [0.15, 0.2) is 12.4 Å². The number of hydrogen-bond acceptors (Lipinski definition) is 8. The third kappa shape index (κ3) is 15.0. The van der Waals surface area contributed by atoms with E-state index in [2.05, 4.69) is 12.2 Å². The van der Waals surface area contributed by atoms with E-state index < -0.39 is 48.5 Å². The molecule has 1 amide bonds. The van der Waals surface area contributed by atoms with E-state index in [0.29, 0.717) is 6.42 Å². The number of unbranched alkanes of at least 4 members (excludes halogenated alkanes) is 14. The molecular weight excluding hydrogens is 490 g/mol. The Morgan fingerprint density at radius 1 is 0.763 bits per heavy atom. The maximum absolute atomic E-state index is 12.5. The summed E-state index contributed by atoms with van der Waals surface area (Å²) in [4.78, 5) is 35.6. The first-order valence-electron chi connectivity index (χ1n) is 14.9. The average molecular weight is 544 g/mol. The van der Waals surface area contributed by atoms with E-state index in [-0.39, 0.29) is 19.4 Å². The lowest BCUT2D eigenvalue weighted by atomic mass is 9.96. The van der Waals surface area contributed by atoms with Crippen molar-refractivity contribution in [2.45, 2.75) is 161 Å². The minimum atomic E-state index is -1.53. The van der Waals surface area contributed by atoms with Crippen molar-refractivity contribution in [1.29, 1.82) is 0 Å². The van der Waals surface area contributed by atoms with E-state index in [4.69, 9.17) is 14.2 Å². The van der Waals surface area contributed by atoms with Crippen molar-refractivity contribution in [3.05, 3.63) is 0 Å². The number of amides is 1. The van der Waals surface area contributed by atoms with Gasteiger partial charge in [-0.05, 0) is 6.42 Å². The van der Waals surface area contributed by atoms with Crippen molar-refractivity contribution < 1.29 is 38.8 Å². The number of esters is 2. The SMILES string of the molecule is CCCCCCCCCCCCCCCCCC(=O)O[C@H]1[C@H](O)[C@@H](COC(=O)CC)O[C@H](O)[C@@H]1NC(C)=O. The molecule has 0 aliphatic carbocycles. The number of hydrogen-bond donors (Lipinski definition) is 3. The average Bonchev–Trinajstić information content (AvgIpc) is 2.89. The molecule has 1 aliphatic rings. The zero-order chi connectivity index (χ0) is 28.2. The minimum Gasteiger partial charge on any atom is -0.463 e. The fourth-order valence-electron chi connectivity index (χ4n) is 4.73. The smallest absolute Gasteiger partial charge is 0.306 e. The van der Waals surface area contributed by atoms with Crippen LogP contribution in [0, 0.1) is 0 Å². The van der Waals surface area contributed by atoms with E-state index in [0.717, 1.165) is 19.3 Å². The third-order valence-electron chi connectivity index (χ3n) is 7.01. The maximum Gasteiger partial charge on any atom is 0.306 e. The summed E-state index contributed by atoms with van der Waals surface area (Å²) >= 11 is 0. The zero-order valence-electron chi connectivity index (χ0n) is 24.0. The molecule has 3 N–H and O–H groups in total. The van der Waals surface area contributed by atoms with Gasteiger partial charge in [0, 0.05) is 19.8 Å². The van der Waals surface area contributed by atoms with E-state index in [1.807, 2.05) is 0 Å². The van der Waals surface area contributed by atoms with Crippen LogP contribution in [0.15, 0.2) is 0 Å². The van der Waals surface area contributed by atoms with Gasteiger partial charge >= 0.3 is 11.9 Å². The van der Waals surface area contributed by atoms with Gasteiger partial charge in [0.1, 0.15) is 24.9 Å². The molecule has 222 valence electrons. The molecule has 9 heteroatoms. The van der Waals surface area contributed by atoms with Crippen LogP contribution in [0.1, 0.15) is 130 Å². The number of ether oxygens (including phenoxy) is 3. The zero-order valence-corrected chi connectivity index (χ0v) is 24.0. The summed E-state index contributed by atoms with van der Waals surface area (Å²) in [5.41, 5.74) is 0. The second kappa shape index (κ2) is 21.2. The highest BCUT2D eigenvalue weighted by molar-refractivity contribution is 5.73. The van der Waals surface area contributed by atoms with Crippen LogP contribution in [0.3, 0.4) is 0 Å². The van der Waals surface area contributed by atoms with Crippen molar-refractivity contribution in [3.63, 3.8) is 0 Å². The summed E-state index contributed by atoms with van der Waals surface area (Å²) in [6.07, 6.45) is 13.5. The van der Waals surface area contributed by atoms with Crippen molar-refractivity contribution in [3.8, 4) is 0 Å². The summed E-state index contributed by atoms with van der Waals surface area (Å²) in [5, 5.41) is 23.5. The topological polar surface area (TPSA) is 131 Å². The first kappa shape index (κ1) is 34.3. The Kier molecular flexibility index (Phi) is 19.1. The van der Waals surface area contributed by atoms with E-state index >= 15 is 0 Å². The number of aliphatic hydroxyl groups is 2. The molecule has 0 aromatic rings. The van der Waals surface area contributed by atoms with Gasteiger partial charge in [-0.1, -0.05) is 104 Å². The number of carbonyl (C=O) groups is 3. The monoisotopic (exact) mass is 543 g/mol. The molecule has 9 nitrogen and oxygen atoms in total. The van der Waals surface area contributed by atoms with Gasteiger partial charge in [0.25, 0.3) is 0 Å². The van der Waals surface area contributed by atoms with E-state index in [1.165, 1.54) is 77.6 Å². The lowest BCUT2D eigenvalue weighted by molar-refractivity contribution is -0.260. The third-order valence-corrected chi connectivity index (χ3v) is 7.01. The number of rotatable bonds is 21. The first-order chi connectivity index (χ1) is 18.3. The molecule has 1 saturated heterocycles. The van der Waals surface area contributed by atoms with Crippen LogP contribution >= 0.6 is 0 Å². The Hall–Kier alpha value is -1.71. The van der Waals surface area contributed by atoms with E-state index in [9.17, 15) is 24.6 Å². The highest BCUT2D eigenvalue weighted by Crippen LogP contribution is 2.24. The molecule has 5 atom stereocenters. The molecule has 1 heterocycles. The summed E-state index contributed by atoms with van der Waals surface area (Å²) < 4.78 is 15.8. The van der Waals surface area contributed by atoms with Gasteiger partial charge in [0.2, 0.25) is 5.91 Å². The molecule has 0 aromatic carbocycles. The molecule has 1 fully saturated rings. The molecule has 0 saturated carbocycles. The normalized spacial score (nSPS) is 23.1. The van der Waals surface area contributed by atoms with Crippen molar-refractivity contribution in [1.82, 2.24) is 5.32 Å². The Labute approximate surface area is 229 Å². The molecule has 1 rings (SSSR count). The molecule has 0 aromatic heterocycles. The van der Waals surface area contributed by atoms with Gasteiger partial charge in [-0.2, -0.15) is 0 Å². The van der Waals surface area contributed by atoms with Gasteiger partial charge < -0.3 is 29.7 Å². The Morgan fingerprint density at radius 3 is 1.74 bits per heavy atom. The lowest BCUT2D eigenvalue weighted by Gasteiger charge is -2.42. The Balaban J connectivity index is 2.26. The molecule has 0 bridgehead atoms. The second-order valence-electron chi connectivity index (χ2n) is 10.5. The number of carbonyl (C=O) groups excluding carboxylic acids is 3. The number of aliphatic hydroxyl groups excluding tert-OH is 2. The van der Waals surface area contributed by atoms with Gasteiger partial charge in [0.05, 0.1) is 0 Å². The molecule has 38 heavy (non-hydrogen) atoms. The Morgan fingerprint density at radius 2 is 1.26 bits per heavy atom. The van der Waals surface area contributed by atoms with Crippen molar-refractivity contribution in [2.24, 2.45) is 0 Å². The lowest BCUT2D eigenvalue weighted by Crippen LogP contribution is -2.65. The van der Waals surface area contributed by atoms with Crippen LogP contribution < -0.4 is 5.32 Å². The predicted octanol–water partition coefficient (Wildman–Crippen LogP) is 4.70. The van der Waals surface area contributed by atoms with Gasteiger partial charge in [-0.15, -0.1) is 0 Å². The maximum atomic E-state index is 12.5. The summed E-state index contributed by atoms with van der Waals surface area (Å²) in [5.74, 6) is -1.47. The molecule has 1 aliphatic heterocycles. The second-order valence-corrected chi connectivity index (χ2v) is 10.5. The van der Waals surface area contributed by atoms with Gasteiger partial charge in [-0.25, -0.2) is 0 Å². The molecule has 0 spiro atoms. The highest BCUT2D eigenvalue weighted by atomic mass is 16.6. The quantitative estimate of drug-likeness (QED) is 0.140. The van der Waals surface area contributed by atoms with Crippen LogP contribution in [0.4, 0.5) is 0 Å². The van der Waals surface area contributed by atoms with Crippen LogP contribution in [-0.2, 0) is 28.6 Å². The molecule has 0 radical (unpaired) electrons. The first-order valence-corrected chi connectivity index (χ1v) is 14.9. The van der Waals surface area contributed by atoms with E-state index in [1.54, 1.807) is 6.92 Å². The predicted molar refractivity (Wildman–Crippen MR) is 145 cm³/mol. The summed E-state index contributed by atoms with van der Waals surface area (Å²) in [7, 11) is 0. The molecule has 0 unspecified atom stereocenters. The minimum absolute atomic E-state index is 0.150. The fourth-order valence-corrected chi connectivity index (χ4v) is 4.73. The number of nitrogens with one attached hydrogen (secondary N) is 1. The highest BCUT2D eigenvalue weighted by Gasteiger charge is 2.47. The van der Waals surface area contributed by atoms with Crippen LogP contribution in [-0.4, -0.2) is 65.3 Å².